The number of carbonyl (C=O) groups is 1. The zero-order valence-electron chi connectivity index (χ0n) is 16.0. The van der Waals surface area contributed by atoms with Crippen molar-refractivity contribution in [2.24, 2.45) is 0 Å². The minimum atomic E-state index is -0.549. The van der Waals surface area contributed by atoms with Gasteiger partial charge < -0.3 is 10.1 Å². The van der Waals surface area contributed by atoms with Crippen molar-refractivity contribution < 1.29 is 9.53 Å². The van der Waals surface area contributed by atoms with Crippen molar-refractivity contribution in [1.82, 2.24) is 20.2 Å². The SMILES string of the molecule is CCOC(=O)C1=C(C)Nc2nnnn2C1c1ccccc1-c1ccc(C#N)cc1. The molecule has 3 aromatic rings. The minimum absolute atomic E-state index is 0.266. The van der Waals surface area contributed by atoms with E-state index in [9.17, 15) is 4.79 Å². The van der Waals surface area contributed by atoms with Gasteiger partial charge in [0, 0.05) is 5.70 Å². The minimum Gasteiger partial charge on any atom is -0.463 e. The topological polar surface area (TPSA) is 106 Å². The lowest BCUT2D eigenvalue weighted by molar-refractivity contribution is -0.139. The molecule has 8 heteroatoms. The molecule has 29 heavy (non-hydrogen) atoms. The molecule has 0 spiro atoms. The van der Waals surface area contributed by atoms with Gasteiger partial charge in [0.25, 0.3) is 0 Å². The van der Waals surface area contributed by atoms with Gasteiger partial charge in [0.1, 0.15) is 6.04 Å². The van der Waals surface area contributed by atoms with Gasteiger partial charge in [0.2, 0.25) is 5.95 Å². The summed E-state index contributed by atoms with van der Waals surface area (Å²) in [6.07, 6.45) is 0. The number of nitrogens with one attached hydrogen (secondary N) is 1. The summed E-state index contributed by atoms with van der Waals surface area (Å²) in [7, 11) is 0. The zero-order valence-corrected chi connectivity index (χ0v) is 16.0. The number of rotatable bonds is 4. The molecule has 2 aromatic carbocycles. The van der Waals surface area contributed by atoms with Crippen LogP contribution in [0.4, 0.5) is 5.95 Å². The lowest BCUT2D eigenvalue weighted by Gasteiger charge is -2.28. The van der Waals surface area contributed by atoms with Gasteiger partial charge in [0.15, 0.2) is 0 Å². The molecule has 1 atom stereocenters. The van der Waals surface area contributed by atoms with Crippen LogP contribution in [0, 0.1) is 11.3 Å². The smallest absolute Gasteiger partial charge is 0.338 e. The number of benzene rings is 2. The number of anilines is 1. The van der Waals surface area contributed by atoms with E-state index in [0.717, 1.165) is 16.7 Å². The van der Waals surface area contributed by atoms with Crippen LogP contribution >= 0.6 is 0 Å². The molecule has 0 fully saturated rings. The Morgan fingerprint density at radius 3 is 2.72 bits per heavy atom. The van der Waals surface area contributed by atoms with Crippen molar-refractivity contribution in [2.45, 2.75) is 19.9 Å². The molecule has 1 unspecified atom stereocenters. The summed E-state index contributed by atoms with van der Waals surface area (Å²) in [6, 6.07) is 16.6. The number of ether oxygens (including phenoxy) is 1. The number of tetrazole rings is 1. The van der Waals surface area contributed by atoms with Crippen molar-refractivity contribution in [3.63, 3.8) is 0 Å². The molecule has 0 saturated carbocycles. The van der Waals surface area contributed by atoms with E-state index in [2.05, 4.69) is 26.9 Å². The number of fused-ring (bicyclic) bond motifs is 1. The monoisotopic (exact) mass is 386 g/mol. The highest BCUT2D eigenvalue weighted by molar-refractivity contribution is 5.93. The number of nitriles is 1. The van der Waals surface area contributed by atoms with Crippen LogP contribution in [-0.2, 0) is 9.53 Å². The van der Waals surface area contributed by atoms with Crippen LogP contribution in [-0.4, -0.2) is 32.8 Å². The summed E-state index contributed by atoms with van der Waals surface area (Å²) >= 11 is 0. The molecule has 4 rings (SSSR count). The maximum absolute atomic E-state index is 12.8. The van der Waals surface area contributed by atoms with E-state index in [1.54, 1.807) is 23.7 Å². The van der Waals surface area contributed by atoms with Crippen molar-refractivity contribution in [1.29, 1.82) is 5.26 Å². The number of aromatic nitrogens is 4. The summed E-state index contributed by atoms with van der Waals surface area (Å²) in [5, 5.41) is 24.0. The first kappa shape index (κ1) is 18.4. The van der Waals surface area contributed by atoms with Crippen LogP contribution in [0.15, 0.2) is 59.8 Å². The first-order chi connectivity index (χ1) is 14.1. The summed E-state index contributed by atoms with van der Waals surface area (Å²) in [6.45, 7) is 3.84. The highest BCUT2D eigenvalue weighted by Gasteiger charge is 2.36. The molecule has 0 bridgehead atoms. The standard InChI is InChI=1S/C21H18N6O2/c1-3-29-20(28)18-13(2)23-21-24-25-26-27(21)19(18)17-7-5-4-6-16(17)15-10-8-14(12-22)9-11-15/h4-11,19H,3H2,1-2H3,(H,23,24,26). The number of hydrogen-bond acceptors (Lipinski definition) is 7. The number of hydrogen-bond donors (Lipinski definition) is 1. The van der Waals surface area contributed by atoms with E-state index in [1.807, 2.05) is 43.3 Å². The second kappa shape index (κ2) is 7.56. The van der Waals surface area contributed by atoms with E-state index in [0.29, 0.717) is 22.8 Å². The Morgan fingerprint density at radius 1 is 1.24 bits per heavy atom. The lowest BCUT2D eigenvalue weighted by Crippen LogP contribution is -2.30. The fourth-order valence-corrected chi connectivity index (χ4v) is 3.50. The van der Waals surface area contributed by atoms with Gasteiger partial charge in [-0.15, -0.1) is 0 Å². The first-order valence-corrected chi connectivity index (χ1v) is 9.16. The molecule has 8 nitrogen and oxygen atoms in total. The van der Waals surface area contributed by atoms with Crippen LogP contribution in [0.3, 0.4) is 0 Å². The van der Waals surface area contributed by atoms with Crippen LogP contribution in [0.5, 0.6) is 0 Å². The fourth-order valence-electron chi connectivity index (χ4n) is 3.50. The first-order valence-electron chi connectivity index (χ1n) is 9.16. The molecule has 0 saturated heterocycles. The van der Waals surface area contributed by atoms with Gasteiger partial charge in [-0.25, -0.2) is 4.79 Å². The average molecular weight is 386 g/mol. The molecule has 1 aliphatic rings. The van der Waals surface area contributed by atoms with E-state index in [1.165, 1.54) is 0 Å². The second-order valence-electron chi connectivity index (χ2n) is 6.51. The molecule has 0 radical (unpaired) electrons. The quantitative estimate of drug-likeness (QED) is 0.687. The Balaban J connectivity index is 1.90. The molecular weight excluding hydrogens is 368 g/mol. The molecule has 1 N–H and O–H groups in total. The lowest BCUT2D eigenvalue weighted by atomic mass is 9.89. The maximum atomic E-state index is 12.8. The summed E-state index contributed by atoms with van der Waals surface area (Å²) < 4.78 is 6.90. The number of allylic oxidation sites excluding steroid dienone is 1. The predicted octanol–water partition coefficient (Wildman–Crippen LogP) is 3.06. The fraction of sp³-hybridized carbons (Fsp3) is 0.190. The highest BCUT2D eigenvalue weighted by atomic mass is 16.5. The van der Waals surface area contributed by atoms with E-state index in [-0.39, 0.29) is 6.61 Å². The van der Waals surface area contributed by atoms with Crippen molar-refractivity contribution in [2.75, 3.05) is 11.9 Å². The summed E-state index contributed by atoms with van der Waals surface area (Å²) in [4.78, 5) is 12.8. The van der Waals surface area contributed by atoms with Gasteiger partial charge in [0.05, 0.1) is 23.8 Å². The largest absolute Gasteiger partial charge is 0.463 e. The number of esters is 1. The van der Waals surface area contributed by atoms with Crippen LogP contribution in [0.1, 0.15) is 31.0 Å². The normalized spacial score (nSPS) is 15.3. The molecule has 144 valence electrons. The third-order valence-electron chi connectivity index (χ3n) is 4.79. The van der Waals surface area contributed by atoms with E-state index >= 15 is 0 Å². The molecule has 0 aliphatic carbocycles. The molecule has 2 heterocycles. The number of nitrogens with zero attached hydrogens (tertiary/aromatic N) is 5. The Labute approximate surface area is 167 Å². The highest BCUT2D eigenvalue weighted by Crippen LogP contribution is 2.39. The Hall–Kier alpha value is -3.99. The summed E-state index contributed by atoms with van der Waals surface area (Å²) in [5.41, 5.74) is 4.38. The molecule has 1 aliphatic heterocycles. The zero-order chi connectivity index (χ0) is 20.4. The predicted molar refractivity (Wildman–Crippen MR) is 106 cm³/mol. The van der Waals surface area contributed by atoms with Crippen molar-refractivity contribution in [3.05, 3.63) is 70.9 Å². The van der Waals surface area contributed by atoms with E-state index < -0.39 is 12.0 Å². The van der Waals surface area contributed by atoms with Gasteiger partial charge in [-0.1, -0.05) is 41.5 Å². The number of carbonyl (C=O) groups excluding carboxylic acids is 1. The molecule has 0 amide bonds. The van der Waals surface area contributed by atoms with Crippen molar-refractivity contribution in [3.8, 4) is 17.2 Å². The summed E-state index contributed by atoms with van der Waals surface area (Å²) in [5.74, 6) is 0.0356. The Morgan fingerprint density at radius 2 is 2.00 bits per heavy atom. The van der Waals surface area contributed by atoms with Gasteiger partial charge in [-0.05, 0) is 53.1 Å². The van der Waals surface area contributed by atoms with Crippen LogP contribution in [0.2, 0.25) is 0 Å². The van der Waals surface area contributed by atoms with Crippen molar-refractivity contribution >= 4 is 11.9 Å². The third-order valence-corrected chi connectivity index (χ3v) is 4.79. The van der Waals surface area contributed by atoms with Gasteiger partial charge in [-0.2, -0.15) is 9.94 Å². The van der Waals surface area contributed by atoms with E-state index in [4.69, 9.17) is 10.00 Å². The van der Waals surface area contributed by atoms with Gasteiger partial charge in [-0.3, -0.25) is 0 Å². The second-order valence-corrected chi connectivity index (χ2v) is 6.51. The van der Waals surface area contributed by atoms with Crippen LogP contribution < -0.4 is 5.32 Å². The molecular formula is C21H18N6O2. The third kappa shape index (κ3) is 3.23. The van der Waals surface area contributed by atoms with Gasteiger partial charge >= 0.3 is 5.97 Å². The Bertz CT molecular complexity index is 1140. The maximum Gasteiger partial charge on any atom is 0.338 e. The van der Waals surface area contributed by atoms with Crippen LogP contribution in [0.25, 0.3) is 11.1 Å². The molecule has 1 aromatic heterocycles. The Kier molecular flexibility index (Phi) is 4.79. The average Bonchev–Trinajstić information content (AvgIpc) is 3.21.